The van der Waals surface area contributed by atoms with Crippen LogP contribution in [0.15, 0.2) is 48.9 Å². The van der Waals surface area contributed by atoms with E-state index in [-0.39, 0.29) is 5.69 Å². The Kier molecular flexibility index (Phi) is 13.5. The molecule has 0 N–H and O–H groups in total. The first kappa shape index (κ1) is 48.0. The fraction of sp³-hybridized carbons (Fsp3) is 0.0541. The zero-order valence-corrected chi connectivity index (χ0v) is 30.2. The lowest BCUT2D eigenvalue weighted by Gasteiger charge is -2.44. The standard InChI is InChI=1S/C24BF20.C13H12N3O3/c26-5-1(6(27)14(35)21(42)13(5)34)25(2-7(28)15(36)22(43)16(37)8(2)29,3-9(30)17(38)23(44)18(39)10(3)31)4-11(32)19(40)24(45)20(41)12(4)33;17-13(10-16(18)19)12-9-15(7-6-14-12)8-11-4-2-1-3-5-11/h;1-7,9H,8,10H2/q-1;+1. The highest BCUT2D eigenvalue weighted by molar-refractivity contribution is 7.20. The first-order chi connectivity index (χ1) is 29.8. The average molecular weight is 937 g/mol. The Bertz CT molecular complexity index is 2520. The highest BCUT2D eigenvalue weighted by Crippen LogP contribution is 2.30. The van der Waals surface area contributed by atoms with Gasteiger partial charge in [0.05, 0.1) is 6.20 Å². The predicted molar refractivity (Wildman–Crippen MR) is 175 cm³/mol. The summed E-state index contributed by atoms with van der Waals surface area (Å²) in [6.45, 7) is -0.148. The summed E-state index contributed by atoms with van der Waals surface area (Å²) < 4.78 is 296. The maximum absolute atomic E-state index is 15.4. The van der Waals surface area contributed by atoms with Gasteiger partial charge in [-0.2, -0.15) is 4.57 Å². The molecular formula is C37H12BF20N3O3. The molecule has 0 saturated heterocycles. The van der Waals surface area contributed by atoms with Crippen molar-refractivity contribution in [3.8, 4) is 0 Å². The van der Waals surface area contributed by atoms with Crippen LogP contribution in [-0.2, 0) is 6.54 Å². The predicted octanol–water partition coefficient (Wildman–Crippen LogP) is 6.72. The van der Waals surface area contributed by atoms with E-state index in [4.69, 9.17) is 0 Å². The van der Waals surface area contributed by atoms with Gasteiger partial charge in [0.1, 0.15) is 52.7 Å². The van der Waals surface area contributed by atoms with Crippen molar-refractivity contribution >= 4 is 33.8 Å². The average Bonchev–Trinajstić information content (AvgIpc) is 3.26. The molecule has 5 aromatic carbocycles. The van der Waals surface area contributed by atoms with Crippen LogP contribution in [0.25, 0.3) is 0 Å². The van der Waals surface area contributed by atoms with Crippen molar-refractivity contribution in [1.82, 2.24) is 4.98 Å². The second-order valence-electron chi connectivity index (χ2n) is 12.8. The number of nitrogens with zero attached hydrogens (tertiary/aromatic N) is 3. The van der Waals surface area contributed by atoms with Crippen LogP contribution in [0.1, 0.15) is 16.1 Å². The Balaban J connectivity index is 0.000000337. The number of ketones is 1. The van der Waals surface area contributed by atoms with Crippen LogP contribution in [0, 0.1) is 126 Å². The molecule has 1 aromatic heterocycles. The Morgan fingerprint density at radius 2 is 0.766 bits per heavy atom. The number of hydrogen-bond acceptors (Lipinski definition) is 4. The summed E-state index contributed by atoms with van der Waals surface area (Å²) in [7, 11) is 0. The lowest BCUT2D eigenvalue weighted by molar-refractivity contribution is -0.689. The maximum atomic E-state index is 15.4. The monoisotopic (exact) mass is 937 g/mol. The normalized spacial score (nSPS) is 11.4. The molecule has 27 heteroatoms. The Morgan fingerprint density at radius 3 is 1.05 bits per heavy atom. The van der Waals surface area contributed by atoms with Gasteiger partial charge in [0, 0.05) is 10.5 Å². The SMILES string of the molecule is Fc1c(F)c(F)c([B-](c2c(F)c(F)c(F)c(F)c2F)(c2c(F)c(F)c(F)c(F)c2F)c2c(F)c(F)c(F)c(F)c2F)c(F)c1F.O=C(C[N+](=O)[O-])c1c[n+](Cc2ccccc2)ccn1. The van der Waals surface area contributed by atoms with Crippen molar-refractivity contribution in [2.45, 2.75) is 6.54 Å². The molecule has 336 valence electrons. The van der Waals surface area contributed by atoms with Crippen LogP contribution in [-0.4, -0.2) is 28.4 Å². The summed E-state index contributed by atoms with van der Waals surface area (Å²) in [4.78, 5) is 25.1. The number of carbonyl (C=O) groups is 1. The van der Waals surface area contributed by atoms with Gasteiger partial charge < -0.3 is 0 Å². The molecule has 0 unspecified atom stereocenters. The second-order valence-corrected chi connectivity index (χ2v) is 12.8. The summed E-state index contributed by atoms with van der Waals surface area (Å²) in [5.41, 5.74) is -13.1. The number of Topliss-reactive ketones (excluding diaryl/α,β-unsaturated/α-hetero) is 1. The molecule has 0 aliphatic heterocycles. The van der Waals surface area contributed by atoms with E-state index in [9.17, 15) is 67.6 Å². The molecule has 0 saturated carbocycles. The zero-order chi connectivity index (χ0) is 48.0. The van der Waals surface area contributed by atoms with E-state index in [0.29, 0.717) is 6.54 Å². The lowest BCUT2D eigenvalue weighted by atomic mass is 9.12. The zero-order valence-electron chi connectivity index (χ0n) is 30.2. The Hall–Kier alpha value is -7.09. The number of aromatic nitrogens is 2. The van der Waals surface area contributed by atoms with Crippen LogP contribution in [0.5, 0.6) is 0 Å². The molecule has 1 heterocycles. The van der Waals surface area contributed by atoms with Gasteiger partial charge in [-0.25, -0.2) is 92.8 Å². The minimum absolute atomic E-state index is 0.107. The minimum Gasteiger partial charge on any atom is -0.285 e. The van der Waals surface area contributed by atoms with E-state index >= 15 is 35.1 Å². The van der Waals surface area contributed by atoms with Gasteiger partial charge in [-0.1, -0.05) is 30.3 Å². The fourth-order valence-electron chi connectivity index (χ4n) is 6.54. The smallest absolute Gasteiger partial charge is 0.267 e. The molecule has 0 amide bonds. The van der Waals surface area contributed by atoms with Crippen LogP contribution in [0.3, 0.4) is 0 Å². The van der Waals surface area contributed by atoms with E-state index in [1.54, 1.807) is 10.8 Å². The highest BCUT2D eigenvalue weighted by Gasteiger charge is 2.52. The topological polar surface area (TPSA) is 77.0 Å². The molecule has 0 radical (unpaired) electrons. The molecule has 0 aliphatic carbocycles. The molecule has 0 aliphatic rings. The number of carbonyl (C=O) groups excluding carboxylic acids is 1. The minimum atomic E-state index is -7.22. The molecule has 0 spiro atoms. The number of hydrogen-bond donors (Lipinski definition) is 0. The van der Waals surface area contributed by atoms with Crippen LogP contribution in [0.4, 0.5) is 87.8 Å². The molecular weight excluding hydrogens is 925 g/mol. The third-order valence-corrected chi connectivity index (χ3v) is 9.23. The summed E-state index contributed by atoms with van der Waals surface area (Å²) in [6, 6.07) is 9.70. The van der Waals surface area contributed by atoms with E-state index in [1.807, 2.05) is 30.3 Å². The van der Waals surface area contributed by atoms with E-state index in [2.05, 4.69) is 4.98 Å². The number of nitro groups is 1. The van der Waals surface area contributed by atoms with Crippen molar-refractivity contribution in [2.75, 3.05) is 6.54 Å². The Labute approximate surface area is 340 Å². The molecule has 6 nitrogen and oxygen atoms in total. The molecule has 0 atom stereocenters. The maximum Gasteiger partial charge on any atom is 0.267 e. The van der Waals surface area contributed by atoms with Gasteiger partial charge in [-0.3, -0.25) is 14.9 Å². The number of benzene rings is 5. The van der Waals surface area contributed by atoms with E-state index < -0.39 is 162 Å². The van der Waals surface area contributed by atoms with Gasteiger partial charge >= 0.3 is 0 Å². The fourth-order valence-corrected chi connectivity index (χ4v) is 6.54. The largest absolute Gasteiger partial charge is 0.285 e. The quantitative estimate of drug-likeness (QED) is 0.0236. The third kappa shape index (κ3) is 7.82. The van der Waals surface area contributed by atoms with Gasteiger partial charge in [0.2, 0.25) is 0 Å². The van der Waals surface area contributed by atoms with Gasteiger partial charge in [-0.15, -0.1) is 21.9 Å². The van der Waals surface area contributed by atoms with Crippen molar-refractivity contribution in [1.29, 1.82) is 0 Å². The molecule has 0 bridgehead atoms. The Morgan fingerprint density at radius 1 is 0.484 bits per heavy atom. The lowest BCUT2D eigenvalue weighted by Crippen LogP contribution is -2.81. The first-order valence-electron chi connectivity index (χ1n) is 16.6. The second kappa shape index (κ2) is 18.0. The van der Waals surface area contributed by atoms with Crippen LogP contribution < -0.4 is 26.4 Å². The highest BCUT2D eigenvalue weighted by atomic mass is 19.2. The molecule has 0 fully saturated rings. The molecule has 64 heavy (non-hydrogen) atoms. The third-order valence-electron chi connectivity index (χ3n) is 9.23. The summed E-state index contributed by atoms with van der Waals surface area (Å²) >= 11 is 0. The van der Waals surface area contributed by atoms with Crippen molar-refractivity contribution < 1.29 is 102 Å². The van der Waals surface area contributed by atoms with Gasteiger partial charge in [-0.05, 0) is 0 Å². The van der Waals surface area contributed by atoms with Gasteiger partial charge in [0.15, 0.2) is 94.4 Å². The molecule has 6 aromatic rings. The van der Waals surface area contributed by atoms with Crippen LogP contribution in [0.2, 0.25) is 0 Å². The number of halogens is 20. The van der Waals surface area contributed by atoms with Crippen molar-refractivity contribution in [3.05, 3.63) is 187 Å². The molecule has 6 rings (SSSR count). The summed E-state index contributed by atoms with van der Waals surface area (Å²) in [5.74, 6) is -72.0. The summed E-state index contributed by atoms with van der Waals surface area (Å²) in [6.07, 6.45) is -2.50. The van der Waals surface area contributed by atoms with Crippen LogP contribution >= 0.6 is 0 Å². The summed E-state index contributed by atoms with van der Waals surface area (Å²) in [5, 5.41) is 10.3. The van der Waals surface area contributed by atoms with E-state index in [1.165, 1.54) is 12.4 Å². The number of rotatable bonds is 9. The van der Waals surface area contributed by atoms with Gasteiger partial charge in [0.25, 0.3) is 12.3 Å². The first-order valence-corrected chi connectivity index (χ1v) is 16.6. The van der Waals surface area contributed by atoms with Crippen molar-refractivity contribution in [2.24, 2.45) is 0 Å². The van der Waals surface area contributed by atoms with E-state index in [0.717, 1.165) is 5.56 Å². The van der Waals surface area contributed by atoms with Crippen molar-refractivity contribution in [3.63, 3.8) is 0 Å².